The first-order chi connectivity index (χ1) is 12.1. The number of methoxy groups -OCH3 is 1. The topological polar surface area (TPSA) is 84.8 Å². The van der Waals surface area contributed by atoms with Crippen molar-refractivity contribution in [3.63, 3.8) is 0 Å². The molecule has 0 fully saturated rings. The molecule has 130 valence electrons. The molecule has 9 heteroatoms. The third-order valence-corrected chi connectivity index (χ3v) is 4.68. The van der Waals surface area contributed by atoms with E-state index in [0.29, 0.717) is 22.3 Å². The predicted octanol–water partition coefficient (Wildman–Crippen LogP) is 3.41. The molecule has 0 bridgehead atoms. The number of benzene rings is 1. The summed E-state index contributed by atoms with van der Waals surface area (Å²) in [6.07, 6.45) is 2.00. The third-order valence-electron chi connectivity index (χ3n) is 3.54. The maximum Gasteiger partial charge on any atom is 0.227 e. The van der Waals surface area contributed by atoms with E-state index < -0.39 is 0 Å². The van der Waals surface area contributed by atoms with Gasteiger partial charge in [-0.25, -0.2) is 4.98 Å². The van der Waals surface area contributed by atoms with Crippen LogP contribution in [0.25, 0.3) is 11.4 Å². The van der Waals surface area contributed by atoms with Gasteiger partial charge in [0.05, 0.1) is 7.11 Å². The second kappa shape index (κ2) is 7.58. The molecule has 0 aliphatic carbocycles. The van der Waals surface area contributed by atoms with Crippen LogP contribution in [0.15, 0.2) is 30.5 Å². The van der Waals surface area contributed by atoms with Crippen LogP contribution < -0.4 is 10.1 Å². The van der Waals surface area contributed by atoms with Crippen molar-refractivity contribution in [2.24, 2.45) is 0 Å². The van der Waals surface area contributed by atoms with Gasteiger partial charge in [-0.15, -0.1) is 11.3 Å². The molecule has 0 saturated heterocycles. The monoisotopic (exact) mass is 375 g/mol. The van der Waals surface area contributed by atoms with Gasteiger partial charge < -0.3 is 10.1 Å². The molecule has 2 N–H and O–H groups in total. The lowest BCUT2D eigenvalue weighted by atomic mass is 10.2. The highest BCUT2D eigenvalue weighted by Gasteiger charge is 2.12. The van der Waals surface area contributed by atoms with Crippen LogP contribution in [0.2, 0.25) is 0 Å². The number of hydrogen-bond donors (Lipinski definition) is 2. The Kier molecular flexibility index (Phi) is 5.25. The van der Waals surface area contributed by atoms with E-state index in [1.54, 1.807) is 13.3 Å². The first-order valence-corrected chi connectivity index (χ1v) is 8.81. The first kappa shape index (κ1) is 17.3. The van der Waals surface area contributed by atoms with Crippen molar-refractivity contribution < 1.29 is 9.53 Å². The number of amides is 1. The van der Waals surface area contributed by atoms with E-state index in [-0.39, 0.29) is 12.3 Å². The maximum absolute atomic E-state index is 12.1. The van der Waals surface area contributed by atoms with Crippen LogP contribution >= 0.6 is 23.6 Å². The quantitative estimate of drug-likeness (QED) is 0.645. The first-order valence-electron chi connectivity index (χ1n) is 7.58. The molecule has 2 aromatic heterocycles. The Balaban J connectivity index is 1.71. The second-order valence-corrected chi connectivity index (χ2v) is 6.93. The van der Waals surface area contributed by atoms with Gasteiger partial charge in [-0.1, -0.05) is 0 Å². The molecule has 3 rings (SSSR count). The van der Waals surface area contributed by atoms with Gasteiger partial charge in [0.1, 0.15) is 5.75 Å². The minimum atomic E-state index is -0.113. The molecule has 0 aliphatic rings. The van der Waals surface area contributed by atoms with Crippen LogP contribution in [0.5, 0.6) is 5.75 Å². The number of carbonyl (C=O) groups is 1. The highest BCUT2D eigenvalue weighted by atomic mass is 32.1. The molecule has 1 amide bonds. The highest BCUT2D eigenvalue weighted by molar-refractivity contribution is 7.71. The number of hydrogen-bond acceptors (Lipinski definition) is 6. The van der Waals surface area contributed by atoms with Crippen molar-refractivity contribution in [3.05, 3.63) is 40.1 Å². The van der Waals surface area contributed by atoms with E-state index in [1.807, 2.05) is 35.8 Å². The van der Waals surface area contributed by atoms with E-state index in [0.717, 1.165) is 16.2 Å². The summed E-state index contributed by atoms with van der Waals surface area (Å²) in [7, 11) is 1.62. The van der Waals surface area contributed by atoms with Crippen LogP contribution in [0.1, 0.15) is 11.3 Å². The molecule has 0 aliphatic heterocycles. The van der Waals surface area contributed by atoms with Crippen molar-refractivity contribution in [2.45, 2.75) is 19.9 Å². The number of ether oxygens (including phenoxy) is 1. The van der Waals surface area contributed by atoms with Crippen LogP contribution in [-0.4, -0.2) is 32.8 Å². The average molecular weight is 375 g/mol. The Morgan fingerprint density at radius 2 is 2.16 bits per heavy atom. The number of aromatic nitrogens is 4. The summed E-state index contributed by atoms with van der Waals surface area (Å²) in [5.41, 5.74) is 0.893. The molecule has 3 aromatic rings. The van der Waals surface area contributed by atoms with Gasteiger partial charge in [-0.3, -0.25) is 14.5 Å². The van der Waals surface area contributed by atoms with Crippen molar-refractivity contribution in [1.29, 1.82) is 0 Å². The van der Waals surface area contributed by atoms with Gasteiger partial charge in [0.25, 0.3) is 0 Å². The van der Waals surface area contributed by atoms with Crippen LogP contribution in [0.3, 0.4) is 0 Å². The van der Waals surface area contributed by atoms with E-state index in [9.17, 15) is 4.79 Å². The Morgan fingerprint density at radius 1 is 1.40 bits per heavy atom. The molecule has 0 radical (unpaired) electrons. The molecule has 1 aromatic carbocycles. The molecule has 0 saturated carbocycles. The van der Waals surface area contributed by atoms with E-state index in [1.165, 1.54) is 11.3 Å². The van der Waals surface area contributed by atoms with Gasteiger partial charge >= 0.3 is 0 Å². The van der Waals surface area contributed by atoms with Crippen molar-refractivity contribution in [3.8, 4) is 17.1 Å². The predicted molar refractivity (Wildman–Crippen MR) is 99.5 cm³/mol. The Morgan fingerprint density at radius 3 is 2.80 bits per heavy atom. The Labute approximate surface area is 153 Å². The molecule has 7 nitrogen and oxygen atoms in total. The van der Waals surface area contributed by atoms with Crippen LogP contribution in [-0.2, 0) is 11.3 Å². The van der Waals surface area contributed by atoms with Crippen LogP contribution in [0.4, 0.5) is 5.13 Å². The lowest BCUT2D eigenvalue weighted by Gasteiger charge is -2.07. The molecular weight excluding hydrogens is 358 g/mol. The van der Waals surface area contributed by atoms with E-state index >= 15 is 0 Å². The molecule has 0 atom stereocenters. The van der Waals surface area contributed by atoms with Gasteiger partial charge in [-0.2, -0.15) is 5.10 Å². The van der Waals surface area contributed by atoms with Gasteiger partial charge in [0, 0.05) is 29.6 Å². The number of thiazole rings is 1. The average Bonchev–Trinajstić information content (AvgIpc) is 3.18. The number of nitrogens with zero attached hydrogens (tertiary/aromatic N) is 3. The Bertz CT molecular complexity index is 927. The van der Waals surface area contributed by atoms with Crippen molar-refractivity contribution in [2.75, 3.05) is 12.4 Å². The summed E-state index contributed by atoms with van der Waals surface area (Å²) in [4.78, 5) is 17.3. The summed E-state index contributed by atoms with van der Waals surface area (Å²) in [6.45, 7) is 2.37. The summed E-state index contributed by atoms with van der Waals surface area (Å²) >= 11 is 6.73. The van der Waals surface area contributed by atoms with Gasteiger partial charge in [0.2, 0.25) is 5.91 Å². The summed E-state index contributed by atoms with van der Waals surface area (Å²) in [6, 6.07) is 7.52. The Hall–Kier alpha value is -2.52. The van der Waals surface area contributed by atoms with Crippen molar-refractivity contribution in [1.82, 2.24) is 19.7 Å². The maximum atomic E-state index is 12.1. The number of H-pyrrole nitrogens is 1. The van der Waals surface area contributed by atoms with E-state index in [4.69, 9.17) is 17.0 Å². The zero-order valence-corrected chi connectivity index (χ0v) is 15.4. The minimum Gasteiger partial charge on any atom is -0.497 e. The SMILES string of the molecule is COc1ccc(-c2n[nH]c(=S)n2CCC(=O)Nc2ncc(C)s2)cc1. The number of carbonyl (C=O) groups excluding carboxylic acids is 1. The molecular formula is C16H17N5O2S2. The number of aryl methyl sites for hydroxylation is 1. The normalized spacial score (nSPS) is 10.6. The standard InChI is InChI=1S/C16H17N5O2S2/c1-10-9-17-15(25-10)18-13(22)7-8-21-14(19-20-16(21)24)11-3-5-12(23-2)6-4-11/h3-6,9H,7-8H2,1-2H3,(H,20,24)(H,17,18,22). The summed E-state index contributed by atoms with van der Waals surface area (Å²) < 4.78 is 7.45. The second-order valence-electron chi connectivity index (χ2n) is 5.31. The zero-order chi connectivity index (χ0) is 17.8. The van der Waals surface area contributed by atoms with Gasteiger partial charge in [0.15, 0.2) is 15.7 Å². The van der Waals surface area contributed by atoms with E-state index in [2.05, 4.69) is 20.5 Å². The number of rotatable bonds is 6. The number of aromatic amines is 1. The molecule has 25 heavy (non-hydrogen) atoms. The fourth-order valence-electron chi connectivity index (χ4n) is 2.29. The lowest BCUT2D eigenvalue weighted by Crippen LogP contribution is -2.15. The smallest absolute Gasteiger partial charge is 0.227 e. The molecule has 0 spiro atoms. The zero-order valence-electron chi connectivity index (χ0n) is 13.8. The summed E-state index contributed by atoms with van der Waals surface area (Å²) in [5, 5.41) is 10.5. The molecule has 2 heterocycles. The third kappa shape index (κ3) is 4.12. The minimum absolute atomic E-state index is 0.113. The van der Waals surface area contributed by atoms with Crippen molar-refractivity contribution >= 4 is 34.6 Å². The highest BCUT2D eigenvalue weighted by Crippen LogP contribution is 2.21. The number of nitrogens with one attached hydrogen (secondary N) is 2. The summed E-state index contributed by atoms with van der Waals surface area (Å²) in [5.74, 6) is 1.34. The van der Waals surface area contributed by atoms with Crippen LogP contribution in [0, 0.1) is 11.7 Å². The molecule has 0 unspecified atom stereocenters. The lowest BCUT2D eigenvalue weighted by molar-refractivity contribution is -0.116. The fourth-order valence-corrected chi connectivity index (χ4v) is 3.20. The van der Waals surface area contributed by atoms with Gasteiger partial charge in [-0.05, 0) is 43.4 Å². The fraction of sp³-hybridized carbons (Fsp3) is 0.250. The largest absolute Gasteiger partial charge is 0.497 e. The number of anilines is 1.